The number of rotatable bonds is 12. The first-order valence-electron chi connectivity index (χ1n) is 23.0. The summed E-state index contributed by atoms with van der Waals surface area (Å²) in [6, 6.07) is 19.8. The molecule has 3 aromatic carbocycles. The number of hydrogen-bond donors (Lipinski definition) is 2. The molecule has 1 spiro atoms. The third kappa shape index (κ3) is 10.2. The van der Waals surface area contributed by atoms with Crippen molar-refractivity contribution in [3.05, 3.63) is 111 Å². The number of amides is 1. The van der Waals surface area contributed by atoms with Crippen LogP contribution in [-0.4, -0.2) is 105 Å². The van der Waals surface area contributed by atoms with Gasteiger partial charge in [0.2, 0.25) is 0 Å². The number of piperazine rings is 1. The average Bonchev–Trinajstić information content (AvgIpc) is 3.30. The fourth-order valence-electron chi connectivity index (χ4n) is 10.6. The van der Waals surface area contributed by atoms with E-state index in [1.807, 2.05) is 44.2 Å². The molecule has 4 aliphatic heterocycles. The highest BCUT2D eigenvalue weighted by atomic mass is 32.2. The molecule has 2 N–H and O–H groups in total. The third-order valence-corrected chi connectivity index (χ3v) is 15.5. The predicted molar refractivity (Wildman–Crippen MR) is 244 cm³/mol. The van der Waals surface area contributed by atoms with Gasteiger partial charge in [-0.15, -0.1) is 0 Å². The molecule has 5 heterocycles. The number of sulfonamides is 1. The number of nitro benzene ring substituents is 1. The van der Waals surface area contributed by atoms with Crippen molar-refractivity contribution in [2.45, 2.75) is 94.2 Å². The normalized spacial score (nSPS) is 21.8. The average molecular weight is 948 g/mol. The van der Waals surface area contributed by atoms with Crippen molar-refractivity contribution in [1.29, 1.82) is 0 Å². The minimum absolute atomic E-state index is 0.0160. The highest BCUT2D eigenvalue weighted by molar-refractivity contribution is 7.90. The molecule has 15 nitrogen and oxygen atoms in total. The molecular formula is C48H56F3N7O8S. The van der Waals surface area contributed by atoms with Gasteiger partial charge in [-0.05, 0) is 106 Å². The van der Waals surface area contributed by atoms with Crippen molar-refractivity contribution in [3.8, 4) is 11.5 Å². The van der Waals surface area contributed by atoms with Gasteiger partial charge in [-0.1, -0.05) is 24.3 Å². The molecule has 9 rings (SSSR count). The number of carbonyl (C=O) groups is 1. The lowest BCUT2D eigenvalue weighted by Gasteiger charge is -2.58. The summed E-state index contributed by atoms with van der Waals surface area (Å²) in [6.45, 7) is 9.80. The Bertz CT molecular complexity index is 2540. The summed E-state index contributed by atoms with van der Waals surface area (Å²) in [5.74, 6) is 0.195. The molecule has 1 saturated carbocycles. The van der Waals surface area contributed by atoms with Gasteiger partial charge >= 0.3 is 6.18 Å². The van der Waals surface area contributed by atoms with Gasteiger partial charge < -0.3 is 24.4 Å². The Balaban J connectivity index is 0.812. The topological polar surface area (TPSA) is 169 Å². The van der Waals surface area contributed by atoms with Crippen LogP contribution in [0, 0.1) is 21.4 Å². The Morgan fingerprint density at radius 1 is 1.01 bits per heavy atom. The molecule has 4 aromatic rings. The number of nitrogens with zero attached hydrogens (tertiary/aromatic N) is 5. The van der Waals surface area contributed by atoms with E-state index >= 15 is 0 Å². The largest absolute Gasteiger partial charge is 0.491 e. The van der Waals surface area contributed by atoms with E-state index in [2.05, 4.69) is 35.8 Å². The van der Waals surface area contributed by atoms with E-state index in [0.717, 1.165) is 99.4 Å². The maximum absolute atomic E-state index is 13.5. The van der Waals surface area contributed by atoms with Crippen molar-refractivity contribution in [2.75, 3.05) is 62.8 Å². The highest BCUT2D eigenvalue weighted by Gasteiger charge is 2.50. The van der Waals surface area contributed by atoms with Gasteiger partial charge in [0.25, 0.3) is 21.6 Å². The Morgan fingerprint density at radius 3 is 2.42 bits per heavy atom. The lowest BCUT2D eigenvalue weighted by molar-refractivity contribution is -0.384. The zero-order chi connectivity index (χ0) is 47.1. The minimum Gasteiger partial charge on any atom is -0.491 e. The number of para-hydroxylation sites is 1. The second-order valence-corrected chi connectivity index (χ2v) is 20.5. The van der Waals surface area contributed by atoms with Crippen LogP contribution in [0.4, 0.5) is 30.2 Å². The van der Waals surface area contributed by atoms with Gasteiger partial charge in [-0.25, -0.2) is 13.1 Å². The molecule has 0 radical (unpaired) electrons. The molecule has 0 unspecified atom stereocenters. The van der Waals surface area contributed by atoms with Crippen LogP contribution in [0.2, 0.25) is 0 Å². The van der Waals surface area contributed by atoms with Crippen LogP contribution >= 0.6 is 0 Å². The second kappa shape index (κ2) is 18.9. The van der Waals surface area contributed by atoms with Crippen molar-refractivity contribution in [1.82, 2.24) is 19.5 Å². The van der Waals surface area contributed by atoms with Crippen molar-refractivity contribution in [2.24, 2.45) is 11.3 Å². The number of nitrogens with one attached hydrogen (secondary N) is 2. The summed E-state index contributed by atoms with van der Waals surface area (Å²) >= 11 is 0. The van der Waals surface area contributed by atoms with Gasteiger partial charge in [0.15, 0.2) is 11.4 Å². The first-order chi connectivity index (χ1) is 32.0. The molecule has 2 atom stereocenters. The Kier molecular flexibility index (Phi) is 13.1. The van der Waals surface area contributed by atoms with Crippen LogP contribution in [0.3, 0.4) is 0 Å². The van der Waals surface area contributed by atoms with Crippen LogP contribution in [0.15, 0.2) is 83.9 Å². The van der Waals surface area contributed by atoms with Gasteiger partial charge in [0.1, 0.15) is 18.1 Å². The molecule has 67 heavy (non-hydrogen) atoms. The van der Waals surface area contributed by atoms with Crippen LogP contribution in [-0.2, 0) is 27.5 Å². The molecule has 4 fully saturated rings. The molecule has 1 aromatic heterocycles. The molecular weight excluding hydrogens is 892 g/mol. The lowest BCUT2D eigenvalue weighted by Crippen LogP contribution is -2.59. The lowest BCUT2D eigenvalue weighted by atomic mass is 9.59. The summed E-state index contributed by atoms with van der Waals surface area (Å²) in [6.07, 6.45) is 2.46. The fraction of sp³-hybridized carbons (Fsp3) is 0.500. The van der Waals surface area contributed by atoms with E-state index in [0.29, 0.717) is 32.3 Å². The Hall–Kier alpha value is -5.50. The molecule has 3 saturated heterocycles. The molecule has 1 amide bonds. The van der Waals surface area contributed by atoms with E-state index in [4.69, 9.17) is 14.2 Å². The Morgan fingerprint density at radius 2 is 1.75 bits per heavy atom. The number of piperidine rings is 1. The van der Waals surface area contributed by atoms with Crippen molar-refractivity contribution in [3.63, 3.8) is 0 Å². The number of hydrogen-bond acceptors (Lipinski definition) is 13. The first kappa shape index (κ1) is 46.6. The van der Waals surface area contributed by atoms with Crippen molar-refractivity contribution < 1.29 is 45.5 Å². The number of alkyl halides is 3. The minimum atomic E-state index is -4.52. The zero-order valence-electron chi connectivity index (χ0n) is 37.5. The monoisotopic (exact) mass is 947 g/mol. The summed E-state index contributed by atoms with van der Waals surface area (Å²) in [5, 5.41) is 15.3. The zero-order valence-corrected chi connectivity index (χ0v) is 38.4. The standard InChI is InChI=1S/C48H56F3N7O8S/c1-31(2)66-42-6-4-3-5-38(42)41-29-55(28-32-7-12-44(52-27-32)48(49,50)51)19-20-57(41)36-25-47(26-36)15-17-56(18-16-47)35-10-8-34(9-11-35)46(59)54-67(62,63)37-23-40(58(60)61)45-43(24-37)65-30-39(53-45)33-13-21-64-22-14-33/h3-12,23-24,27,31,33,36,39,41,53H,13-22,25-26,28-30H2,1-2H3,(H,54,59)/t39-,41-/m0/s1. The summed E-state index contributed by atoms with van der Waals surface area (Å²) in [5.41, 5.74) is 1.83. The molecule has 5 aliphatic rings. The van der Waals surface area contributed by atoms with Crippen LogP contribution in [0.5, 0.6) is 11.5 Å². The second-order valence-electron chi connectivity index (χ2n) is 18.9. The van der Waals surface area contributed by atoms with E-state index in [1.54, 1.807) is 12.1 Å². The smallest absolute Gasteiger partial charge is 0.433 e. The number of pyridine rings is 1. The van der Waals surface area contributed by atoms with E-state index in [9.17, 15) is 36.5 Å². The molecule has 1 aliphatic carbocycles. The number of benzene rings is 3. The maximum atomic E-state index is 13.5. The molecule has 0 bridgehead atoms. The number of carbonyl (C=O) groups excluding carboxylic acids is 1. The summed E-state index contributed by atoms with van der Waals surface area (Å²) in [4.78, 5) is 35.2. The van der Waals surface area contributed by atoms with Crippen LogP contribution in [0.1, 0.15) is 85.6 Å². The quantitative estimate of drug-likeness (QED) is 0.104. The van der Waals surface area contributed by atoms with Gasteiger partial charge in [-0.3, -0.25) is 29.7 Å². The van der Waals surface area contributed by atoms with Crippen LogP contribution in [0.25, 0.3) is 0 Å². The summed E-state index contributed by atoms with van der Waals surface area (Å²) < 4.78 is 86.3. The third-order valence-electron chi connectivity index (χ3n) is 14.2. The number of halogens is 3. The first-order valence-corrected chi connectivity index (χ1v) is 24.5. The Labute approximate surface area is 388 Å². The fourth-order valence-corrected chi connectivity index (χ4v) is 11.6. The molecule has 19 heteroatoms. The number of anilines is 2. The van der Waals surface area contributed by atoms with Gasteiger partial charge in [0.05, 0.1) is 28.0 Å². The van der Waals surface area contributed by atoms with Crippen molar-refractivity contribution >= 4 is 33.0 Å². The summed E-state index contributed by atoms with van der Waals surface area (Å²) in [7, 11) is -4.52. The number of aromatic nitrogens is 1. The molecule has 358 valence electrons. The highest BCUT2D eigenvalue weighted by Crippen LogP contribution is 2.53. The maximum Gasteiger partial charge on any atom is 0.433 e. The SMILES string of the molecule is CC(C)Oc1ccccc1[C@@H]1CN(Cc2ccc(C(F)(F)F)nc2)CCN1C1CC2(CCN(c3ccc(C(=O)NS(=O)(=O)c4cc5c(c([N+](=O)[O-])c4)N[C@H](C4CCOCC4)CO5)cc3)CC2)C1. The number of nitro groups is 1. The van der Waals surface area contributed by atoms with E-state index in [1.165, 1.54) is 18.3 Å². The number of ether oxygens (including phenoxy) is 3. The number of fused-ring (bicyclic) bond motifs is 1. The van der Waals surface area contributed by atoms with Gasteiger partial charge in [-0.2, -0.15) is 13.2 Å². The van der Waals surface area contributed by atoms with Crippen LogP contribution < -0.4 is 24.4 Å². The predicted octanol–water partition coefficient (Wildman–Crippen LogP) is 7.82. The van der Waals surface area contributed by atoms with Gasteiger partial charge in [0, 0.05) is 93.7 Å². The van der Waals surface area contributed by atoms with E-state index < -0.39 is 43.3 Å². The van der Waals surface area contributed by atoms with E-state index in [-0.39, 0.29) is 53.1 Å².